The Morgan fingerprint density at radius 1 is 0.913 bits per heavy atom. The summed E-state index contributed by atoms with van der Waals surface area (Å²) in [4.78, 5) is 23.0. The van der Waals surface area contributed by atoms with Crippen molar-refractivity contribution in [3.8, 4) is 0 Å². The summed E-state index contributed by atoms with van der Waals surface area (Å²) in [5.41, 5.74) is 1.10. The summed E-state index contributed by atoms with van der Waals surface area (Å²) >= 11 is 3.37. The van der Waals surface area contributed by atoms with Crippen molar-refractivity contribution in [2.45, 2.75) is 51.9 Å². The third kappa shape index (κ3) is 10.1. The summed E-state index contributed by atoms with van der Waals surface area (Å²) in [5.74, 6) is -0.684. The molecule has 0 atom stereocenters. The number of carbonyl (C=O) groups is 2. The molecule has 0 aromatic heterocycles. The van der Waals surface area contributed by atoms with Crippen LogP contribution in [0, 0.1) is 0 Å². The normalized spacial score (nSPS) is 10.3. The molecular weight excluding hydrogens is 360 g/mol. The third-order valence-electron chi connectivity index (χ3n) is 3.36. The Morgan fingerprint density at radius 2 is 1.52 bits per heavy atom. The van der Waals surface area contributed by atoms with E-state index in [2.05, 4.69) is 22.9 Å². The molecular formula is C18H25BrO4. The van der Waals surface area contributed by atoms with E-state index in [0.29, 0.717) is 19.6 Å². The molecule has 0 fully saturated rings. The topological polar surface area (TPSA) is 52.6 Å². The maximum atomic E-state index is 11.6. The fourth-order valence-corrected chi connectivity index (χ4v) is 2.26. The van der Waals surface area contributed by atoms with Gasteiger partial charge in [-0.2, -0.15) is 0 Å². The minimum absolute atomic E-state index is 0.0775. The van der Waals surface area contributed by atoms with Gasteiger partial charge in [0, 0.05) is 10.9 Å². The molecule has 23 heavy (non-hydrogen) atoms. The van der Waals surface area contributed by atoms with Crippen molar-refractivity contribution < 1.29 is 19.1 Å². The Kier molecular flexibility index (Phi) is 10.4. The summed E-state index contributed by atoms with van der Waals surface area (Å²) in [6.45, 7) is 2.90. The summed E-state index contributed by atoms with van der Waals surface area (Å²) in [5, 5.41) is 0. The van der Waals surface area contributed by atoms with Crippen LogP contribution in [-0.2, 0) is 25.5 Å². The molecule has 1 aromatic rings. The van der Waals surface area contributed by atoms with Crippen molar-refractivity contribution in [3.63, 3.8) is 0 Å². The number of carbonyl (C=O) groups excluding carboxylic acids is 2. The molecule has 0 aliphatic carbocycles. The number of esters is 2. The lowest BCUT2D eigenvalue weighted by atomic mass is 10.2. The van der Waals surface area contributed by atoms with E-state index in [9.17, 15) is 9.59 Å². The van der Waals surface area contributed by atoms with E-state index < -0.39 is 0 Å². The summed E-state index contributed by atoms with van der Waals surface area (Å²) in [6.07, 6.45) is 5.10. The summed E-state index contributed by atoms with van der Waals surface area (Å²) < 4.78 is 11.2. The Bertz CT molecular complexity index is 470. The first-order valence-electron chi connectivity index (χ1n) is 8.17. The largest absolute Gasteiger partial charge is 0.466 e. The Hall–Kier alpha value is -1.36. The van der Waals surface area contributed by atoms with Gasteiger partial charge in [-0.25, -0.2) is 0 Å². The predicted octanol–water partition coefficient (Wildman–Crippen LogP) is 4.44. The lowest BCUT2D eigenvalue weighted by Crippen LogP contribution is -2.12. The van der Waals surface area contributed by atoms with Crippen LogP contribution in [0.5, 0.6) is 0 Å². The number of hydrogen-bond donors (Lipinski definition) is 0. The second-order valence-corrected chi connectivity index (χ2v) is 6.29. The Labute approximate surface area is 146 Å². The Balaban J connectivity index is 2.05. The lowest BCUT2D eigenvalue weighted by molar-refractivity contribution is -0.150. The van der Waals surface area contributed by atoms with Gasteiger partial charge >= 0.3 is 11.9 Å². The van der Waals surface area contributed by atoms with Crippen LogP contribution < -0.4 is 0 Å². The van der Waals surface area contributed by atoms with Crippen molar-refractivity contribution in [1.29, 1.82) is 0 Å². The van der Waals surface area contributed by atoms with Gasteiger partial charge in [-0.15, -0.1) is 0 Å². The minimum atomic E-state index is -0.356. The van der Waals surface area contributed by atoms with Gasteiger partial charge < -0.3 is 9.47 Å². The van der Waals surface area contributed by atoms with Crippen LogP contribution in [0.2, 0.25) is 0 Å². The van der Waals surface area contributed by atoms with Crippen LogP contribution in [-0.4, -0.2) is 25.2 Å². The number of halogens is 1. The standard InChI is InChI=1S/C18H25BrO4/c1-2-3-4-5-13-22-17(20)10-11-18(21)23-14-12-15-6-8-16(19)9-7-15/h6-9H,2-5,10-14H2,1H3. The van der Waals surface area contributed by atoms with Crippen LogP contribution in [0.4, 0.5) is 0 Å². The minimum Gasteiger partial charge on any atom is -0.466 e. The molecule has 0 radical (unpaired) electrons. The molecule has 0 saturated carbocycles. The van der Waals surface area contributed by atoms with E-state index >= 15 is 0 Å². The summed E-state index contributed by atoms with van der Waals surface area (Å²) in [7, 11) is 0. The monoisotopic (exact) mass is 384 g/mol. The van der Waals surface area contributed by atoms with Gasteiger partial charge in [0.25, 0.3) is 0 Å². The quantitative estimate of drug-likeness (QED) is 0.418. The fraction of sp³-hybridized carbons (Fsp3) is 0.556. The van der Waals surface area contributed by atoms with Gasteiger partial charge in [0.05, 0.1) is 26.1 Å². The molecule has 0 bridgehead atoms. The first-order valence-corrected chi connectivity index (χ1v) is 8.96. The van der Waals surface area contributed by atoms with Crippen molar-refractivity contribution in [1.82, 2.24) is 0 Å². The van der Waals surface area contributed by atoms with Crippen molar-refractivity contribution in [3.05, 3.63) is 34.3 Å². The average molecular weight is 385 g/mol. The van der Waals surface area contributed by atoms with Crippen LogP contribution in [0.25, 0.3) is 0 Å². The van der Waals surface area contributed by atoms with Gasteiger partial charge in [-0.05, 0) is 24.1 Å². The summed E-state index contributed by atoms with van der Waals surface area (Å²) in [6, 6.07) is 7.86. The van der Waals surface area contributed by atoms with Crippen LogP contribution in [0.3, 0.4) is 0 Å². The highest BCUT2D eigenvalue weighted by Gasteiger charge is 2.09. The number of unbranched alkanes of at least 4 members (excludes halogenated alkanes) is 3. The smallest absolute Gasteiger partial charge is 0.306 e. The number of benzene rings is 1. The molecule has 128 valence electrons. The zero-order chi connectivity index (χ0) is 16.9. The molecule has 5 heteroatoms. The van der Waals surface area contributed by atoms with Gasteiger partial charge in [0.15, 0.2) is 0 Å². The molecule has 0 aliphatic rings. The first kappa shape index (κ1) is 19.7. The number of hydrogen-bond acceptors (Lipinski definition) is 4. The van der Waals surface area contributed by atoms with Gasteiger partial charge in [-0.3, -0.25) is 9.59 Å². The first-order chi connectivity index (χ1) is 11.1. The number of rotatable bonds is 11. The zero-order valence-electron chi connectivity index (χ0n) is 13.7. The van der Waals surface area contributed by atoms with Crippen molar-refractivity contribution in [2.24, 2.45) is 0 Å². The molecule has 0 unspecified atom stereocenters. The molecule has 0 saturated heterocycles. The molecule has 0 aliphatic heterocycles. The van der Waals surface area contributed by atoms with Crippen LogP contribution >= 0.6 is 15.9 Å². The SMILES string of the molecule is CCCCCCOC(=O)CCC(=O)OCCc1ccc(Br)cc1. The third-order valence-corrected chi connectivity index (χ3v) is 3.89. The van der Waals surface area contributed by atoms with E-state index in [1.165, 1.54) is 0 Å². The maximum absolute atomic E-state index is 11.6. The second kappa shape index (κ2) is 12.1. The zero-order valence-corrected chi connectivity index (χ0v) is 15.3. The van der Waals surface area contributed by atoms with E-state index in [4.69, 9.17) is 9.47 Å². The highest BCUT2D eigenvalue weighted by Crippen LogP contribution is 2.11. The molecule has 0 N–H and O–H groups in total. The lowest BCUT2D eigenvalue weighted by Gasteiger charge is -2.06. The second-order valence-electron chi connectivity index (χ2n) is 5.38. The average Bonchev–Trinajstić information content (AvgIpc) is 2.54. The molecule has 0 spiro atoms. The van der Waals surface area contributed by atoms with Gasteiger partial charge in [-0.1, -0.05) is 54.2 Å². The fourth-order valence-electron chi connectivity index (χ4n) is 2.00. The molecule has 1 aromatic carbocycles. The van der Waals surface area contributed by atoms with Crippen molar-refractivity contribution in [2.75, 3.05) is 13.2 Å². The van der Waals surface area contributed by atoms with E-state index in [1.807, 2.05) is 24.3 Å². The van der Waals surface area contributed by atoms with E-state index in [1.54, 1.807) is 0 Å². The number of ether oxygens (including phenoxy) is 2. The highest BCUT2D eigenvalue weighted by molar-refractivity contribution is 9.10. The van der Waals surface area contributed by atoms with E-state index in [-0.39, 0.29) is 24.8 Å². The molecule has 1 rings (SSSR count). The highest BCUT2D eigenvalue weighted by atomic mass is 79.9. The molecule has 0 heterocycles. The predicted molar refractivity (Wildman–Crippen MR) is 93.1 cm³/mol. The van der Waals surface area contributed by atoms with Gasteiger partial charge in [0.1, 0.15) is 0 Å². The maximum Gasteiger partial charge on any atom is 0.306 e. The van der Waals surface area contributed by atoms with Crippen molar-refractivity contribution >= 4 is 27.9 Å². The van der Waals surface area contributed by atoms with Gasteiger partial charge in [0.2, 0.25) is 0 Å². The molecule has 4 nitrogen and oxygen atoms in total. The van der Waals surface area contributed by atoms with Crippen LogP contribution in [0.15, 0.2) is 28.7 Å². The molecule has 0 amide bonds. The van der Waals surface area contributed by atoms with E-state index in [0.717, 1.165) is 35.7 Å². The van der Waals surface area contributed by atoms with Crippen LogP contribution in [0.1, 0.15) is 51.0 Å². The Morgan fingerprint density at radius 3 is 2.13 bits per heavy atom.